The van der Waals surface area contributed by atoms with Crippen molar-refractivity contribution in [2.75, 3.05) is 0 Å². The second-order valence-electron chi connectivity index (χ2n) is 9.92. The predicted molar refractivity (Wildman–Crippen MR) is 105 cm³/mol. The molecule has 0 aromatic carbocycles. The Kier molecular flexibility index (Phi) is 7.51. The van der Waals surface area contributed by atoms with Crippen LogP contribution < -0.4 is 0 Å². The van der Waals surface area contributed by atoms with Crippen LogP contribution in [0.2, 0.25) is 36.3 Å². The van der Waals surface area contributed by atoms with Gasteiger partial charge in [0.1, 0.15) is 6.29 Å². The maximum atomic E-state index is 11.4. The molecule has 0 saturated carbocycles. The minimum Gasteiger partial charge on any atom is -0.412 e. The normalized spacial score (nSPS) is 18.4. The van der Waals surface area contributed by atoms with Gasteiger partial charge in [-0.15, -0.1) is 0 Å². The largest absolute Gasteiger partial charge is 0.412 e. The first-order valence-corrected chi connectivity index (χ1v) is 14.6. The van der Waals surface area contributed by atoms with Crippen molar-refractivity contribution in [1.29, 1.82) is 0 Å². The summed E-state index contributed by atoms with van der Waals surface area (Å²) in [4.78, 5) is 11.4. The molecule has 0 saturated heterocycles. The molecular weight excluding hydrogens is 320 g/mol. The van der Waals surface area contributed by atoms with Gasteiger partial charge >= 0.3 is 0 Å². The Bertz CT molecular complexity index is 392. The standard InChI is InChI=1S/C18H40O3Si2/c1-14(13-19)16(21-23(11,12)18(6,7)8)15(2)20-22(9,10)17(3,4)5/h13-16H,1-12H3/t14-,15-,16+/m1/s1. The van der Waals surface area contributed by atoms with E-state index in [-0.39, 0.29) is 28.2 Å². The van der Waals surface area contributed by atoms with Crippen LogP contribution in [0.4, 0.5) is 0 Å². The molecule has 0 bridgehead atoms. The lowest BCUT2D eigenvalue weighted by atomic mass is 10.0. The van der Waals surface area contributed by atoms with Crippen LogP contribution in [0.5, 0.6) is 0 Å². The van der Waals surface area contributed by atoms with Gasteiger partial charge in [-0.2, -0.15) is 0 Å². The van der Waals surface area contributed by atoms with Crippen molar-refractivity contribution in [2.45, 2.75) is 104 Å². The van der Waals surface area contributed by atoms with Gasteiger partial charge in [-0.3, -0.25) is 0 Å². The first-order valence-electron chi connectivity index (χ1n) is 8.77. The van der Waals surface area contributed by atoms with E-state index in [0.717, 1.165) is 6.29 Å². The van der Waals surface area contributed by atoms with Gasteiger partial charge in [0.15, 0.2) is 16.6 Å². The molecule has 0 aromatic rings. The Morgan fingerprint density at radius 3 is 1.43 bits per heavy atom. The molecule has 0 unspecified atom stereocenters. The van der Waals surface area contributed by atoms with E-state index < -0.39 is 16.6 Å². The molecule has 0 spiro atoms. The van der Waals surface area contributed by atoms with Crippen LogP contribution in [0.1, 0.15) is 55.4 Å². The predicted octanol–water partition coefficient (Wildman–Crippen LogP) is 5.62. The van der Waals surface area contributed by atoms with E-state index in [1.54, 1.807) is 0 Å². The van der Waals surface area contributed by atoms with Crippen molar-refractivity contribution in [3.05, 3.63) is 0 Å². The SMILES string of the molecule is C[C@H](C=O)[C@H](O[Si](C)(C)C(C)(C)C)[C@@H](C)O[Si](C)(C)C(C)(C)C. The number of carbonyl (C=O) groups is 1. The number of aldehydes is 1. The fourth-order valence-corrected chi connectivity index (χ4v) is 4.79. The molecule has 23 heavy (non-hydrogen) atoms. The number of rotatable bonds is 7. The van der Waals surface area contributed by atoms with Gasteiger partial charge in [0.2, 0.25) is 0 Å². The summed E-state index contributed by atoms with van der Waals surface area (Å²) in [5.74, 6) is -0.163. The fraction of sp³-hybridized carbons (Fsp3) is 0.944. The van der Waals surface area contributed by atoms with Crippen LogP contribution in [0.3, 0.4) is 0 Å². The summed E-state index contributed by atoms with van der Waals surface area (Å²) in [6.45, 7) is 26.3. The summed E-state index contributed by atoms with van der Waals surface area (Å²) in [6, 6.07) is 0. The summed E-state index contributed by atoms with van der Waals surface area (Å²) in [6.07, 6.45) is 0.747. The molecule has 0 aliphatic carbocycles. The van der Waals surface area contributed by atoms with Gasteiger partial charge in [-0.25, -0.2) is 0 Å². The Morgan fingerprint density at radius 2 is 1.13 bits per heavy atom. The molecule has 0 heterocycles. The van der Waals surface area contributed by atoms with Crippen molar-refractivity contribution in [2.24, 2.45) is 5.92 Å². The van der Waals surface area contributed by atoms with E-state index in [1.165, 1.54) is 0 Å². The summed E-state index contributed by atoms with van der Waals surface area (Å²) in [5, 5.41) is 0.262. The molecule has 0 N–H and O–H groups in total. The smallest absolute Gasteiger partial charge is 0.192 e. The highest BCUT2D eigenvalue weighted by atomic mass is 28.4. The van der Waals surface area contributed by atoms with Gasteiger partial charge in [0, 0.05) is 5.92 Å². The topological polar surface area (TPSA) is 35.5 Å². The minimum absolute atomic E-state index is 0.0785. The minimum atomic E-state index is -1.95. The molecule has 0 rings (SSSR count). The third kappa shape index (κ3) is 6.11. The molecule has 0 aliphatic heterocycles. The molecule has 0 aliphatic rings. The van der Waals surface area contributed by atoms with E-state index in [1.807, 2.05) is 6.92 Å². The molecule has 0 radical (unpaired) electrons. The number of carbonyl (C=O) groups excluding carboxylic acids is 1. The molecule has 3 nitrogen and oxygen atoms in total. The fourth-order valence-electron chi connectivity index (χ4n) is 1.93. The molecular formula is C18H40O3Si2. The molecule has 138 valence electrons. The summed E-state index contributed by atoms with van der Waals surface area (Å²) < 4.78 is 13.1. The summed E-state index contributed by atoms with van der Waals surface area (Å²) in [5.41, 5.74) is 0. The van der Waals surface area contributed by atoms with Crippen molar-refractivity contribution in [1.82, 2.24) is 0 Å². The molecule has 0 amide bonds. The van der Waals surface area contributed by atoms with Crippen molar-refractivity contribution < 1.29 is 13.6 Å². The van der Waals surface area contributed by atoms with E-state index >= 15 is 0 Å². The van der Waals surface area contributed by atoms with Crippen LogP contribution in [0, 0.1) is 5.92 Å². The summed E-state index contributed by atoms with van der Waals surface area (Å²) >= 11 is 0. The highest BCUT2D eigenvalue weighted by Gasteiger charge is 2.44. The lowest BCUT2D eigenvalue weighted by molar-refractivity contribution is -0.115. The van der Waals surface area contributed by atoms with Gasteiger partial charge in [0.05, 0.1) is 12.2 Å². The van der Waals surface area contributed by atoms with Gasteiger partial charge in [0.25, 0.3) is 0 Å². The van der Waals surface area contributed by atoms with Gasteiger partial charge in [-0.1, -0.05) is 48.5 Å². The van der Waals surface area contributed by atoms with Gasteiger partial charge < -0.3 is 13.6 Å². The lowest BCUT2D eigenvalue weighted by Crippen LogP contribution is -2.53. The number of hydrogen-bond acceptors (Lipinski definition) is 3. The van der Waals surface area contributed by atoms with Crippen molar-refractivity contribution in [3.63, 3.8) is 0 Å². The third-order valence-electron chi connectivity index (χ3n) is 5.72. The van der Waals surface area contributed by atoms with E-state index in [0.29, 0.717) is 0 Å². The summed E-state index contributed by atoms with van der Waals surface area (Å²) in [7, 11) is -3.85. The monoisotopic (exact) mass is 360 g/mol. The quantitative estimate of drug-likeness (QED) is 0.436. The highest BCUT2D eigenvalue weighted by Crippen LogP contribution is 2.41. The molecule has 5 heteroatoms. The second kappa shape index (κ2) is 7.50. The second-order valence-corrected chi connectivity index (χ2v) is 19.4. The zero-order chi connectivity index (χ0) is 18.9. The van der Waals surface area contributed by atoms with Crippen LogP contribution in [-0.4, -0.2) is 35.1 Å². The van der Waals surface area contributed by atoms with Crippen LogP contribution in [0.15, 0.2) is 0 Å². The maximum absolute atomic E-state index is 11.4. The van der Waals surface area contributed by atoms with E-state index in [9.17, 15) is 4.79 Å². The third-order valence-corrected chi connectivity index (χ3v) is 14.8. The first kappa shape index (κ1) is 23.0. The van der Waals surface area contributed by atoms with E-state index in [4.69, 9.17) is 8.85 Å². The highest BCUT2D eigenvalue weighted by molar-refractivity contribution is 6.74. The van der Waals surface area contributed by atoms with E-state index in [2.05, 4.69) is 74.7 Å². The van der Waals surface area contributed by atoms with Crippen molar-refractivity contribution >= 4 is 22.9 Å². The lowest BCUT2D eigenvalue weighted by Gasteiger charge is -2.45. The zero-order valence-electron chi connectivity index (χ0n) is 17.5. The molecule has 0 aromatic heterocycles. The van der Waals surface area contributed by atoms with Crippen molar-refractivity contribution in [3.8, 4) is 0 Å². The molecule has 0 fully saturated rings. The Morgan fingerprint density at radius 1 is 0.783 bits per heavy atom. The zero-order valence-corrected chi connectivity index (χ0v) is 19.5. The Balaban J connectivity index is 5.39. The Labute approximate surface area is 146 Å². The number of hydrogen-bond donors (Lipinski definition) is 0. The van der Waals surface area contributed by atoms with Gasteiger partial charge in [-0.05, 0) is 43.2 Å². The van der Waals surface area contributed by atoms with Crippen LogP contribution in [0.25, 0.3) is 0 Å². The average molecular weight is 361 g/mol. The molecule has 3 atom stereocenters. The first-order chi connectivity index (χ1) is 9.96. The van der Waals surface area contributed by atoms with Crippen LogP contribution >= 0.6 is 0 Å². The average Bonchev–Trinajstić information content (AvgIpc) is 2.31. The van der Waals surface area contributed by atoms with Crippen LogP contribution in [-0.2, 0) is 13.6 Å². The Hall–Kier alpha value is 0.0238. The maximum Gasteiger partial charge on any atom is 0.192 e.